The number of aliphatic carboxylic acids is 1. The maximum absolute atomic E-state index is 11.0. The maximum Gasteiger partial charge on any atom is 0.329 e. The Hall–Kier alpha value is -1.15. The van der Waals surface area contributed by atoms with Crippen molar-refractivity contribution in [2.75, 3.05) is 31.8 Å². The smallest absolute Gasteiger partial charge is 0.329 e. The zero-order valence-electron chi connectivity index (χ0n) is 8.93. The molecule has 0 aliphatic carbocycles. The van der Waals surface area contributed by atoms with Crippen LogP contribution in [-0.4, -0.2) is 57.2 Å². The first-order valence-corrected chi connectivity index (χ1v) is 6.61. The molecule has 0 aliphatic heterocycles. The van der Waals surface area contributed by atoms with Crippen LogP contribution in [0, 0.1) is 0 Å². The number of nitrogens with one attached hydrogen (secondary N) is 1. The summed E-state index contributed by atoms with van der Waals surface area (Å²) in [5.74, 6) is -1.68. The second-order valence-electron chi connectivity index (χ2n) is 3.18. The molecule has 7 nitrogen and oxygen atoms in total. The number of sulfone groups is 1. The first-order chi connectivity index (χ1) is 7.31. The molecule has 0 aromatic heterocycles. The van der Waals surface area contributed by atoms with Crippen LogP contribution < -0.4 is 5.32 Å². The van der Waals surface area contributed by atoms with Crippen LogP contribution in [0.2, 0.25) is 0 Å². The van der Waals surface area contributed by atoms with Gasteiger partial charge in [0.15, 0.2) is 0 Å². The molecular weight excluding hydrogens is 238 g/mol. The van der Waals surface area contributed by atoms with Crippen LogP contribution in [0.25, 0.3) is 0 Å². The van der Waals surface area contributed by atoms with Crippen LogP contribution in [0.5, 0.6) is 0 Å². The summed E-state index contributed by atoms with van der Waals surface area (Å²) in [4.78, 5) is 21.1. The van der Waals surface area contributed by atoms with Gasteiger partial charge in [0.1, 0.15) is 16.4 Å². The Kier molecular flexibility index (Phi) is 6.66. The Morgan fingerprint density at radius 2 is 2.00 bits per heavy atom. The van der Waals surface area contributed by atoms with Crippen molar-refractivity contribution >= 4 is 21.7 Å². The van der Waals surface area contributed by atoms with Crippen molar-refractivity contribution in [1.82, 2.24) is 5.32 Å². The Morgan fingerprint density at radius 3 is 2.50 bits per heavy atom. The molecule has 0 atom stereocenters. The standard InChI is InChI=1S/C8H15NO6S/c1-16(13,14)5-2-7(10)9-3-4-15-6-8(11)12/h2-6H2,1H3,(H,9,10)(H,11,12). The molecule has 0 fully saturated rings. The number of carboxylic acids is 1. The van der Waals surface area contributed by atoms with Crippen LogP contribution in [0.4, 0.5) is 0 Å². The van der Waals surface area contributed by atoms with E-state index in [1.54, 1.807) is 0 Å². The second kappa shape index (κ2) is 7.18. The fraction of sp³-hybridized carbons (Fsp3) is 0.750. The van der Waals surface area contributed by atoms with Gasteiger partial charge in [-0.15, -0.1) is 0 Å². The average Bonchev–Trinajstić information content (AvgIpc) is 2.12. The number of hydrogen-bond acceptors (Lipinski definition) is 5. The van der Waals surface area contributed by atoms with Crippen LogP contribution in [-0.2, 0) is 24.2 Å². The highest BCUT2D eigenvalue weighted by molar-refractivity contribution is 7.90. The normalized spacial score (nSPS) is 11.1. The van der Waals surface area contributed by atoms with E-state index in [4.69, 9.17) is 5.11 Å². The van der Waals surface area contributed by atoms with Gasteiger partial charge in [0.25, 0.3) is 0 Å². The quantitative estimate of drug-likeness (QED) is 0.517. The Bertz CT molecular complexity index is 336. The predicted molar refractivity (Wildman–Crippen MR) is 55.8 cm³/mol. The van der Waals surface area contributed by atoms with Gasteiger partial charge in [0.2, 0.25) is 5.91 Å². The third kappa shape index (κ3) is 10.9. The van der Waals surface area contributed by atoms with Crippen molar-refractivity contribution in [2.24, 2.45) is 0 Å². The second-order valence-corrected chi connectivity index (χ2v) is 5.44. The van der Waals surface area contributed by atoms with Crippen molar-refractivity contribution < 1.29 is 27.9 Å². The molecule has 0 radical (unpaired) electrons. The number of hydrogen-bond donors (Lipinski definition) is 2. The Morgan fingerprint density at radius 1 is 1.38 bits per heavy atom. The number of amides is 1. The fourth-order valence-electron chi connectivity index (χ4n) is 0.789. The molecule has 0 heterocycles. The summed E-state index contributed by atoms with van der Waals surface area (Å²) in [6.45, 7) is -0.175. The lowest BCUT2D eigenvalue weighted by Crippen LogP contribution is -2.29. The van der Waals surface area contributed by atoms with Crippen molar-refractivity contribution in [3.8, 4) is 0 Å². The summed E-state index contributed by atoms with van der Waals surface area (Å²) < 4.78 is 26.1. The number of carboxylic acid groups (broad SMARTS) is 1. The van der Waals surface area contributed by atoms with Gasteiger partial charge in [-0.05, 0) is 0 Å². The minimum absolute atomic E-state index is 0.0803. The summed E-state index contributed by atoms with van der Waals surface area (Å²) in [5.41, 5.74) is 0. The van der Waals surface area contributed by atoms with Gasteiger partial charge < -0.3 is 15.2 Å². The molecular formula is C8H15NO6S. The van der Waals surface area contributed by atoms with Gasteiger partial charge in [0.05, 0.1) is 12.4 Å². The number of carbonyl (C=O) groups excluding carboxylic acids is 1. The fourth-order valence-corrected chi connectivity index (χ4v) is 1.34. The van der Waals surface area contributed by atoms with E-state index in [0.717, 1.165) is 6.26 Å². The van der Waals surface area contributed by atoms with Gasteiger partial charge >= 0.3 is 5.97 Å². The molecule has 0 bridgehead atoms. The zero-order chi connectivity index (χ0) is 12.6. The minimum atomic E-state index is -3.14. The molecule has 8 heteroatoms. The molecule has 2 N–H and O–H groups in total. The van der Waals surface area contributed by atoms with E-state index >= 15 is 0 Å². The number of carbonyl (C=O) groups is 2. The minimum Gasteiger partial charge on any atom is -0.480 e. The van der Waals surface area contributed by atoms with Gasteiger partial charge in [-0.2, -0.15) is 0 Å². The van der Waals surface area contributed by atoms with Crippen LogP contribution in [0.3, 0.4) is 0 Å². The molecule has 0 unspecified atom stereocenters. The monoisotopic (exact) mass is 253 g/mol. The summed E-state index contributed by atoms with van der Waals surface area (Å²) in [6, 6.07) is 0. The highest BCUT2D eigenvalue weighted by Gasteiger charge is 2.07. The van der Waals surface area contributed by atoms with E-state index in [0.29, 0.717) is 0 Å². The summed E-state index contributed by atoms with van der Waals surface area (Å²) in [7, 11) is -3.14. The van der Waals surface area contributed by atoms with Crippen LogP contribution in [0.1, 0.15) is 6.42 Å². The number of rotatable bonds is 8. The molecule has 0 saturated carbocycles. The molecule has 1 amide bonds. The third-order valence-electron chi connectivity index (χ3n) is 1.49. The van der Waals surface area contributed by atoms with Gasteiger partial charge in [-0.3, -0.25) is 4.79 Å². The van der Waals surface area contributed by atoms with Gasteiger partial charge in [0, 0.05) is 19.2 Å². The lowest BCUT2D eigenvalue weighted by atomic mass is 10.4. The lowest BCUT2D eigenvalue weighted by molar-refractivity contribution is -0.142. The predicted octanol–water partition coefficient (Wildman–Crippen LogP) is -1.36. The summed E-state index contributed by atoms with van der Waals surface area (Å²) in [5, 5.41) is 10.6. The number of ether oxygens (including phenoxy) is 1. The molecule has 0 rings (SSSR count). The largest absolute Gasteiger partial charge is 0.480 e. The third-order valence-corrected chi connectivity index (χ3v) is 2.44. The summed E-state index contributed by atoms with van der Waals surface area (Å²) >= 11 is 0. The molecule has 0 aliphatic rings. The van der Waals surface area contributed by atoms with Gasteiger partial charge in [-0.25, -0.2) is 13.2 Å². The molecule has 0 aromatic rings. The molecule has 0 saturated heterocycles. The maximum atomic E-state index is 11.0. The van der Waals surface area contributed by atoms with E-state index in [9.17, 15) is 18.0 Å². The molecule has 0 spiro atoms. The van der Waals surface area contributed by atoms with E-state index in [2.05, 4.69) is 10.1 Å². The van der Waals surface area contributed by atoms with Crippen molar-refractivity contribution in [2.45, 2.75) is 6.42 Å². The van der Waals surface area contributed by atoms with Crippen molar-refractivity contribution in [1.29, 1.82) is 0 Å². The highest BCUT2D eigenvalue weighted by atomic mass is 32.2. The molecule has 94 valence electrons. The van der Waals surface area contributed by atoms with E-state index in [1.165, 1.54) is 0 Å². The van der Waals surface area contributed by atoms with E-state index in [-0.39, 0.29) is 25.3 Å². The van der Waals surface area contributed by atoms with E-state index in [1.807, 2.05) is 0 Å². The topological polar surface area (TPSA) is 110 Å². The highest BCUT2D eigenvalue weighted by Crippen LogP contribution is 1.88. The SMILES string of the molecule is CS(=O)(=O)CCC(=O)NCCOCC(=O)O. The van der Waals surface area contributed by atoms with Crippen molar-refractivity contribution in [3.63, 3.8) is 0 Å². The van der Waals surface area contributed by atoms with E-state index < -0.39 is 28.3 Å². The first-order valence-electron chi connectivity index (χ1n) is 4.55. The lowest BCUT2D eigenvalue weighted by Gasteiger charge is -2.04. The Labute approximate surface area is 93.7 Å². The van der Waals surface area contributed by atoms with Crippen LogP contribution >= 0.6 is 0 Å². The molecule has 16 heavy (non-hydrogen) atoms. The first kappa shape index (κ1) is 14.8. The summed E-state index contributed by atoms with van der Waals surface area (Å²) in [6.07, 6.45) is 0.952. The Balaban J connectivity index is 3.48. The van der Waals surface area contributed by atoms with Crippen LogP contribution in [0.15, 0.2) is 0 Å². The van der Waals surface area contributed by atoms with Crippen molar-refractivity contribution in [3.05, 3.63) is 0 Å². The average molecular weight is 253 g/mol. The zero-order valence-corrected chi connectivity index (χ0v) is 9.75. The molecule has 0 aromatic carbocycles. The van der Waals surface area contributed by atoms with Gasteiger partial charge in [-0.1, -0.05) is 0 Å².